The van der Waals surface area contributed by atoms with Gasteiger partial charge in [-0.15, -0.1) is 0 Å². The molecule has 2 rings (SSSR count). The number of amides is 1. The van der Waals surface area contributed by atoms with E-state index < -0.39 is 33.3 Å². The molecule has 6 nitrogen and oxygen atoms in total. The lowest BCUT2D eigenvalue weighted by atomic mass is 10.1. The van der Waals surface area contributed by atoms with Crippen molar-refractivity contribution in [3.05, 3.63) is 58.9 Å². The van der Waals surface area contributed by atoms with Crippen LogP contribution in [0.25, 0.3) is 0 Å². The third-order valence-electron chi connectivity index (χ3n) is 3.63. The monoisotopic (exact) mass is 442 g/mol. The summed E-state index contributed by atoms with van der Waals surface area (Å²) in [6.45, 7) is 6.83. The standard InChI is InChI=1S/C20H24ClFN2O4S/c1-13(12-28-17-8-6-5-7-16(17)22)23-19(25)14-9-10-15(21)18(11-14)29(26,27)24-20(2,3)4/h5-11,13,24H,12H2,1-4H3,(H,23,25). The average molecular weight is 443 g/mol. The molecule has 2 aromatic carbocycles. The van der Waals surface area contributed by atoms with Crippen LogP contribution in [-0.4, -0.2) is 32.5 Å². The predicted octanol–water partition coefficient (Wildman–Crippen LogP) is 3.75. The van der Waals surface area contributed by atoms with Crippen LogP contribution in [0.1, 0.15) is 38.1 Å². The summed E-state index contributed by atoms with van der Waals surface area (Å²) >= 11 is 6.05. The Hall–Kier alpha value is -2.16. The normalized spacial score (nSPS) is 13.0. The van der Waals surface area contributed by atoms with Gasteiger partial charge in [0.25, 0.3) is 5.91 Å². The molecular weight excluding hydrogens is 419 g/mol. The Bertz CT molecular complexity index is 990. The number of carbonyl (C=O) groups excluding carboxylic acids is 1. The largest absolute Gasteiger partial charge is 0.488 e. The van der Waals surface area contributed by atoms with E-state index in [2.05, 4.69) is 10.0 Å². The van der Waals surface area contributed by atoms with E-state index in [-0.39, 0.29) is 27.8 Å². The van der Waals surface area contributed by atoms with Gasteiger partial charge in [-0.05, 0) is 58.0 Å². The Balaban J connectivity index is 2.10. The van der Waals surface area contributed by atoms with Gasteiger partial charge in [0.05, 0.1) is 11.1 Å². The molecule has 0 aliphatic heterocycles. The van der Waals surface area contributed by atoms with Gasteiger partial charge in [-0.2, -0.15) is 0 Å². The summed E-state index contributed by atoms with van der Waals surface area (Å²) in [6, 6.07) is 9.51. The molecule has 0 saturated carbocycles. The molecule has 2 aromatic rings. The number of halogens is 2. The molecule has 1 atom stereocenters. The fraction of sp³-hybridized carbons (Fsp3) is 0.350. The van der Waals surface area contributed by atoms with E-state index in [0.29, 0.717) is 0 Å². The number of hydrogen-bond donors (Lipinski definition) is 2. The van der Waals surface area contributed by atoms with E-state index in [1.54, 1.807) is 39.8 Å². The van der Waals surface area contributed by atoms with Gasteiger partial charge in [0, 0.05) is 11.1 Å². The molecule has 0 radical (unpaired) electrons. The Labute approximate surface area is 175 Å². The molecule has 0 spiro atoms. The summed E-state index contributed by atoms with van der Waals surface area (Å²) in [7, 11) is -3.91. The molecule has 2 N–H and O–H groups in total. The number of hydrogen-bond acceptors (Lipinski definition) is 4. The summed E-state index contributed by atoms with van der Waals surface area (Å²) in [5, 5.41) is 2.70. The smallest absolute Gasteiger partial charge is 0.251 e. The second kappa shape index (κ2) is 9.11. The van der Waals surface area contributed by atoms with Crippen LogP contribution in [0.3, 0.4) is 0 Å². The van der Waals surface area contributed by atoms with Crippen LogP contribution in [0.2, 0.25) is 5.02 Å². The van der Waals surface area contributed by atoms with E-state index in [9.17, 15) is 17.6 Å². The van der Waals surface area contributed by atoms with Crippen molar-refractivity contribution >= 4 is 27.5 Å². The summed E-state index contributed by atoms with van der Waals surface area (Å²) < 4.78 is 46.6. The number of ether oxygens (including phenoxy) is 1. The Morgan fingerprint density at radius 1 is 1.21 bits per heavy atom. The Morgan fingerprint density at radius 3 is 2.48 bits per heavy atom. The van der Waals surface area contributed by atoms with E-state index in [1.807, 2.05) is 0 Å². The van der Waals surface area contributed by atoms with Crippen molar-refractivity contribution in [2.75, 3.05) is 6.61 Å². The number of para-hydroxylation sites is 1. The first kappa shape index (κ1) is 23.1. The summed E-state index contributed by atoms with van der Waals surface area (Å²) in [4.78, 5) is 12.3. The van der Waals surface area contributed by atoms with Crippen LogP contribution in [0, 0.1) is 5.82 Å². The van der Waals surface area contributed by atoms with E-state index in [0.717, 1.165) is 0 Å². The molecule has 29 heavy (non-hydrogen) atoms. The quantitative estimate of drug-likeness (QED) is 0.683. The van der Waals surface area contributed by atoms with Gasteiger partial charge < -0.3 is 10.1 Å². The van der Waals surface area contributed by atoms with Crippen molar-refractivity contribution in [3.63, 3.8) is 0 Å². The molecule has 0 saturated heterocycles. The molecule has 0 aromatic heterocycles. The lowest BCUT2D eigenvalue weighted by molar-refractivity contribution is 0.0926. The zero-order chi connectivity index (χ0) is 21.8. The molecule has 0 aliphatic rings. The molecular formula is C20H24ClFN2O4S. The van der Waals surface area contributed by atoms with Crippen LogP contribution in [0.5, 0.6) is 5.75 Å². The topological polar surface area (TPSA) is 84.5 Å². The molecule has 0 fully saturated rings. The van der Waals surface area contributed by atoms with Crippen LogP contribution < -0.4 is 14.8 Å². The Morgan fingerprint density at radius 2 is 1.86 bits per heavy atom. The maximum absolute atomic E-state index is 13.6. The summed E-state index contributed by atoms with van der Waals surface area (Å²) in [5.41, 5.74) is -0.583. The highest BCUT2D eigenvalue weighted by Gasteiger charge is 2.25. The first-order chi connectivity index (χ1) is 13.4. The van der Waals surface area contributed by atoms with Crippen molar-refractivity contribution < 1.29 is 22.3 Å². The van der Waals surface area contributed by atoms with Crippen LogP contribution >= 0.6 is 11.6 Å². The highest BCUT2D eigenvalue weighted by molar-refractivity contribution is 7.89. The molecule has 1 unspecified atom stereocenters. The Kier molecular flexibility index (Phi) is 7.26. The van der Waals surface area contributed by atoms with Gasteiger partial charge in [0.1, 0.15) is 11.5 Å². The fourth-order valence-corrected chi connectivity index (χ4v) is 4.38. The number of benzene rings is 2. The van der Waals surface area contributed by atoms with Crippen molar-refractivity contribution in [2.24, 2.45) is 0 Å². The second-order valence-electron chi connectivity index (χ2n) is 7.62. The molecule has 1 amide bonds. The summed E-state index contributed by atoms with van der Waals surface area (Å²) in [5.74, 6) is -0.912. The van der Waals surface area contributed by atoms with Gasteiger partial charge in [-0.1, -0.05) is 23.7 Å². The van der Waals surface area contributed by atoms with Crippen LogP contribution in [0.4, 0.5) is 4.39 Å². The SMILES string of the molecule is CC(COc1ccccc1F)NC(=O)c1ccc(Cl)c(S(=O)(=O)NC(C)(C)C)c1. The lowest BCUT2D eigenvalue weighted by Gasteiger charge is -2.21. The van der Waals surface area contributed by atoms with E-state index >= 15 is 0 Å². The minimum Gasteiger partial charge on any atom is -0.488 e. The van der Waals surface area contributed by atoms with Crippen LogP contribution in [0.15, 0.2) is 47.4 Å². The van der Waals surface area contributed by atoms with E-state index in [4.69, 9.17) is 16.3 Å². The zero-order valence-electron chi connectivity index (χ0n) is 16.6. The van der Waals surface area contributed by atoms with Gasteiger partial charge in [0.15, 0.2) is 11.6 Å². The minimum absolute atomic E-state index is 0.00855. The molecule has 158 valence electrons. The molecule has 0 aliphatic carbocycles. The average Bonchev–Trinajstić information content (AvgIpc) is 2.59. The maximum atomic E-state index is 13.6. The third-order valence-corrected chi connectivity index (χ3v) is 5.87. The van der Waals surface area contributed by atoms with Gasteiger partial charge in [0.2, 0.25) is 10.0 Å². The zero-order valence-corrected chi connectivity index (χ0v) is 18.2. The molecule has 9 heteroatoms. The number of rotatable bonds is 7. The highest BCUT2D eigenvalue weighted by Crippen LogP contribution is 2.24. The predicted molar refractivity (Wildman–Crippen MR) is 110 cm³/mol. The van der Waals surface area contributed by atoms with Gasteiger partial charge in [-0.3, -0.25) is 4.79 Å². The maximum Gasteiger partial charge on any atom is 0.251 e. The van der Waals surface area contributed by atoms with E-state index in [1.165, 1.54) is 30.3 Å². The number of sulfonamides is 1. The lowest BCUT2D eigenvalue weighted by Crippen LogP contribution is -2.40. The molecule has 0 bridgehead atoms. The van der Waals surface area contributed by atoms with Crippen molar-refractivity contribution in [1.82, 2.24) is 10.0 Å². The van der Waals surface area contributed by atoms with Crippen molar-refractivity contribution in [1.29, 1.82) is 0 Å². The molecule has 0 heterocycles. The van der Waals surface area contributed by atoms with Crippen LogP contribution in [-0.2, 0) is 10.0 Å². The highest BCUT2D eigenvalue weighted by atomic mass is 35.5. The van der Waals surface area contributed by atoms with Crippen molar-refractivity contribution in [2.45, 2.75) is 44.2 Å². The second-order valence-corrected chi connectivity index (χ2v) is 9.67. The number of carbonyl (C=O) groups is 1. The summed E-state index contributed by atoms with van der Waals surface area (Å²) in [6.07, 6.45) is 0. The fourth-order valence-electron chi connectivity index (χ4n) is 2.43. The van der Waals surface area contributed by atoms with Gasteiger partial charge in [-0.25, -0.2) is 17.5 Å². The van der Waals surface area contributed by atoms with Gasteiger partial charge >= 0.3 is 0 Å². The first-order valence-corrected chi connectivity index (χ1v) is 10.8. The third kappa shape index (κ3) is 6.69. The first-order valence-electron chi connectivity index (χ1n) is 8.91. The minimum atomic E-state index is -3.91. The van der Waals surface area contributed by atoms with Crippen molar-refractivity contribution in [3.8, 4) is 5.75 Å². The number of nitrogens with one attached hydrogen (secondary N) is 2.